The predicted molar refractivity (Wildman–Crippen MR) is 71.7 cm³/mol. The number of halogens is 1. The van der Waals surface area contributed by atoms with Crippen LogP contribution < -0.4 is 5.32 Å². The zero-order chi connectivity index (χ0) is 12.0. The Morgan fingerprint density at radius 2 is 2.18 bits per heavy atom. The van der Waals surface area contributed by atoms with Crippen molar-refractivity contribution < 1.29 is 0 Å². The van der Waals surface area contributed by atoms with E-state index in [-0.39, 0.29) is 0 Å². The molecule has 3 nitrogen and oxygen atoms in total. The van der Waals surface area contributed by atoms with Gasteiger partial charge in [-0.1, -0.05) is 0 Å². The Morgan fingerprint density at radius 3 is 2.65 bits per heavy atom. The van der Waals surface area contributed by atoms with Crippen LogP contribution in [0.1, 0.15) is 37.1 Å². The van der Waals surface area contributed by atoms with Crippen molar-refractivity contribution in [3.63, 3.8) is 0 Å². The molecule has 2 saturated carbocycles. The topological polar surface area (TPSA) is 29.9 Å². The first-order valence-electron chi connectivity index (χ1n) is 6.51. The zero-order valence-corrected chi connectivity index (χ0v) is 12.2. The molecular formula is C13H20BrN3. The van der Waals surface area contributed by atoms with Gasteiger partial charge in [-0.15, -0.1) is 0 Å². The van der Waals surface area contributed by atoms with Crippen LogP contribution in [0, 0.1) is 18.3 Å². The fourth-order valence-electron chi connectivity index (χ4n) is 2.89. The normalized spacial score (nSPS) is 21.8. The van der Waals surface area contributed by atoms with Crippen LogP contribution in [-0.4, -0.2) is 16.3 Å². The van der Waals surface area contributed by atoms with E-state index >= 15 is 0 Å². The largest absolute Gasteiger partial charge is 0.311 e. The third-order valence-corrected chi connectivity index (χ3v) is 5.40. The maximum Gasteiger partial charge on any atom is 0.0739 e. The highest BCUT2D eigenvalue weighted by atomic mass is 79.9. The van der Waals surface area contributed by atoms with E-state index < -0.39 is 0 Å². The highest BCUT2D eigenvalue weighted by molar-refractivity contribution is 9.10. The predicted octanol–water partition coefficient (Wildman–Crippen LogP) is 2.77. The van der Waals surface area contributed by atoms with Gasteiger partial charge in [0.25, 0.3) is 0 Å². The molecule has 2 aliphatic carbocycles. The van der Waals surface area contributed by atoms with Crippen LogP contribution in [0.25, 0.3) is 0 Å². The fourth-order valence-corrected chi connectivity index (χ4v) is 3.36. The smallest absolute Gasteiger partial charge is 0.0739 e. The van der Waals surface area contributed by atoms with Gasteiger partial charge < -0.3 is 5.32 Å². The molecule has 1 heterocycles. The summed E-state index contributed by atoms with van der Waals surface area (Å²) >= 11 is 3.62. The number of hydrogen-bond acceptors (Lipinski definition) is 2. The van der Waals surface area contributed by atoms with Crippen LogP contribution in [0.3, 0.4) is 0 Å². The number of nitrogens with zero attached hydrogens (tertiary/aromatic N) is 2. The van der Waals surface area contributed by atoms with Crippen molar-refractivity contribution in [3.05, 3.63) is 15.9 Å². The van der Waals surface area contributed by atoms with Crippen molar-refractivity contribution in [2.75, 3.05) is 6.54 Å². The van der Waals surface area contributed by atoms with E-state index in [9.17, 15) is 0 Å². The van der Waals surface area contributed by atoms with Crippen molar-refractivity contribution in [1.29, 1.82) is 0 Å². The van der Waals surface area contributed by atoms with Crippen LogP contribution in [0.4, 0.5) is 0 Å². The Hall–Kier alpha value is -0.350. The van der Waals surface area contributed by atoms with Crippen molar-refractivity contribution in [3.8, 4) is 0 Å². The first-order chi connectivity index (χ1) is 8.12. The summed E-state index contributed by atoms with van der Waals surface area (Å²) < 4.78 is 3.13. The number of hydrogen-bond donors (Lipinski definition) is 1. The summed E-state index contributed by atoms with van der Waals surface area (Å²) in [5.41, 5.74) is 3.02. The second-order valence-electron chi connectivity index (χ2n) is 5.71. The fraction of sp³-hybridized carbons (Fsp3) is 0.769. The Kier molecular flexibility index (Phi) is 2.82. The average molecular weight is 298 g/mol. The SMILES string of the molecule is Cc1nn(C)c(CNCC2(C3CC3)CC2)c1Br. The molecule has 0 radical (unpaired) electrons. The van der Waals surface area contributed by atoms with E-state index in [1.54, 1.807) is 0 Å². The van der Waals surface area contributed by atoms with Crippen molar-refractivity contribution in [2.45, 2.75) is 39.2 Å². The van der Waals surface area contributed by atoms with E-state index in [1.807, 2.05) is 18.7 Å². The molecule has 3 rings (SSSR count). The Balaban J connectivity index is 1.57. The van der Waals surface area contributed by atoms with Gasteiger partial charge in [0.05, 0.1) is 15.9 Å². The van der Waals surface area contributed by atoms with Gasteiger partial charge in [-0.05, 0) is 59.9 Å². The molecule has 0 unspecified atom stereocenters. The second kappa shape index (κ2) is 4.09. The molecule has 0 saturated heterocycles. The number of aryl methyl sites for hydroxylation is 2. The summed E-state index contributed by atoms with van der Waals surface area (Å²) in [4.78, 5) is 0. The molecule has 1 aromatic rings. The van der Waals surface area contributed by atoms with Crippen LogP contribution in [0.5, 0.6) is 0 Å². The molecule has 0 aliphatic heterocycles. The van der Waals surface area contributed by atoms with E-state index in [0.29, 0.717) is 5.41 Å². The summed E-state index contributed by atoms with van der Waals surface area (Å²) in [5, 5.41) is 8.05. The molecule has 17 heavy (non-hydrogen) atoms. The average Bonchev–Trinajstić information content (AvgIpc) is 3.14. The lowest BCUT2D eigenvalue weighted by Crippen LogP contribution is -2.26. The van der Waals surface area contributed by atoms with E-state index in [4.69, 9.17) is 0 Å². The summed E-state index contributed by atoms with van der Waals surface area (Å²) in [7, 11) is 2.02. The Bertz CT molecular complexity index is 430. The van der Waals surface area contributed by atoms with Crippen LogP contribution in [0.15, 0.2) is 4.47 Å². The van der Waals surface area contributed by atoms with E-state index in [2.05, 4.69) is 26.3 Å². The Morgan fingerprint density at radius 1 is 1.47 bits per heavy atom. The maximum absolute atomic E-state index is 4.42. The molecular weight excluding hydrogens is 278 g/mol. The number of nitrogens with one attached hydrogen (secondary N) is 1. The minimum Gasteiger partial charge on any atom is -0.311 e. The highest BCUT2D eigenvalue weighted by Crippen LogP contribution is 2.60. The maximum atomic E-state index is 4.42. The summed E-state index contributed by atoms with van der Waals surface area (Å²) in [6.45, 7) is 4.15. The summed E-state index contributed by atoms with van der Waals surface area (Å²) in [6, 6.07) is 0. The molecule has 0 bridgehead atoms. The van der Waals surface area contributed by atoms with Crippen LogP contribution in [-0.2, 0) is 13.6 Å². The summed E-state index contributed by atoms with van der Waals surface area (Å²) in [5.74, 6) is 1.03. The lowest BCUT2D eigenvalue weighted by atomic mass is 10.0. The highest BCUT2D eigenvalue weighted by Gasteiger charge is 2.53. The van der Waals surface area contributed by atoms with Gasteiger partial charge in [0.1, 0.15) is 0 Å². The second-order valence-corrected chi connectivity index (χ2v) is 6.50. The quantitative estimate of drug-likeness (QED) is 0.906. The molecule has 1 aromatic heterocycles. The third-order valence-electron chi connectivity index (χ3n) is 4.37. The van der Waals surface area contributed by atoms with Crippen molar-refractivity contribution in [2.24, 2.45) is 18.4 Å². The lowest BCUT2D eigenvalue weighted by molar-refractivity contribution is 0.400. The molecule has 0 spiro atoms. The minimum atomic E-state index is 0.681. The monoisotopic (exact) mass is 297 g/mol. The van der Waals surface area contributed by atoms with Crippen LogP contribution in [0.2, 0.25) is 0 Å². The molecule has 0 amide bonds. The van der Waals surface area contributed by atoms with Gasteiger partial charge in [-0.2, -0.15) is 5.10 Å². The van der Waals surface area contributed by atoms with Gasteiger partial charge in [-0.25, -0.2) is 0 Å². The lowest BCUT2D eigenvalue weighted by Gasteiger charge is -2.15. The van der Waals surface area contributed by atoms with Gasteiger partial charge in [0.2, 0.25) is 0 Å². The molecule has 2 aliphatic rings. The Labute approximate surface area is 111 Å². The number of rotatable bonds is 5. The molecule has 0 aromatic carbocycles. The first kappa shape index (κ1) is 11.7. The van der Waals surface area contributed by atoms with Gasteiger partial charge in [0.15, 0.2) is 0 Å². The van der Waals surface area contributed by atoms with Gasteiger partial charge in [0, 0.05) is 20.1 Å². The third kappa shape index (κ3) is 2.17. The van der Waals surface area contributed by atoms with E-state index in [1.165, 1.54) is 37.9 Å². The summed E-state index contributed by atoms with van der Waals surface area (Å²) in [6.07, 6.45) is 5.82. The minimum absolute atomic E-state index is 0.681. The molecule has 0 atom stereocenters. The zero-order valence-electron chi connectivity index (χ0n) is 10.6. The van der Waals surface area contributed by atoms with Crippen molar-refractivity contribution >= 4 is 15.9 Å². The number of aromatic nitrogens is 2. The van der Waals surface area contributed by atoms with Gasteiger partial charge in [-0.3, -0.25) is 4.68 Å². The molecule has 94 valence electrons. The molecule has 4 heteroatoms. The molecule has 1 N–H and O–H groups in total. The standard InChI is InChI=1S/C13H20BrN3/c1-9-12(14)11(17(2)16-9)7-15-8-13(5-6-13)10-3-4-10/h10,15H,3-8H2,1-2H3. The van der Waals surface area contributed by atoms with Crippen LogP contribution >= 0.6 is 15.9 Å². The molecule has 2 fully saturated rings. The van der Waals surface area contributed by atoms with Crippen molar-refractivity contribution in [1.82, 2.24) is 15.1 Å². The van der Waals surface area contributed by atoms with Gasteiger partial charge >= 0.3 is 0 Å². The van der Waals surface area contributed by atoms with E-state index in [0.717, 1.165) is 22.6 Å². The first-order valence-corrected chi connectivity index (χ1v) is 7.30.